The van der Waals surface area contributed by atoms with Crippen LogP contribution in [0.5, 0.6) is 0 Å². The van der Waals surface area contributed by atoms with Crippen molar-refractivity contribution in [1.82, 2.24) is 5.16 Å². The summed E-state index contributed by atoms with van der Waals surface area (Å²) in [4.78, 5) is 14.0. The number of aromatic nitrogens is 1. The molecule has 1 aliphatic carbocycles. The molecule has 1 aromatic heterocycles. The molecule has 138 valence electrons. The third kappa shape index (κ3) is 3.78. The number of ketones is 1. The molecule has 27 heavy (non-hydrogen) atoms. The maximum Gasteiger partial charge on any atom is 0.416 e. The molecule has 2 aromatic carbocycles. The molecule has 1 aliphatic rings. The molecular weight excluding hydrogens is 375 g/mol. The Bertz CT molecular complexity index is 978. The minimum atomic E-state index is -4.48. The first-order valence-electron chi connectivity index (χ1n) is 8.37. The molecule has 0 unspecified atom stereocenters. The van der Waals surface area contributed by atoms with E-state index in [1.54, 1.807) is 24.3 Å². The van der Waals surface area contributed by atoms with Crippen LogP contribution in [0.25, 0.3) is 0 Å². The first kappa shape index (κ1) is 17.9. The van der Waals surface area contributed by atoms with Crippen LogP contribution in [0.1, 0.15) is 46.0 Å². The predicted octanol–water partition coefficient (Wildman–Crippen LogP) is 5.95. The van der Waals surface area contributed by atoms with Crippen LogP contribution in [0.2, 0.25) is 0 Å². The Morgan fingerprint density at radius 3 is 2.48 bits per heavy atom. The number of carbonyl (C=O) groups is 1. The van der Waals surface area contributed by atoms with E-state index in [4.69, 9.17) is 4.52 Å². The third-order valence-electron chi connectivity index (χ3n) is 4.32. The predicted molar refractivity (Wildman–Crippen MR) is 93.9 cm³/mol. The van der Waals surface area contributed by atoms with E-state index in [9.17, 15) is 18.0 Å². The molecule has 3 aromatic rings. The minimum Gasteiger partial charge on any atom is -0.360 e. The van der Waals surface area contributed by atoms with Crippen LogP contribution in [0.4, 0.5) is 13.2 Å². The lowest BCUT2D eigenvalue weighted by Crippen LogP contribution is -2.09. The van der Waals surface area contributed by atoms with Crippen LogP contribution >= 0.6 is 11.8 Å². The molecule has 0 bridgehead atoms. The lowest BCUT2D eigenvalue weighted by Gasteiger charge is -2.13. The smallest absolute Gasteiger partial charge is 0.360 e. The van der Waals surface area contributed by atoms with Crippen LogP contribution in [0.3, 0.4) is 0 Å². The van der Waals surface area contributed by atoms with Crippen molar-refractivity contribution in [1.29, 1.82) is 0 Å². The van der Waals surface area contributed by atoms with Crippen LogP contribution < -0.4 is 0 Å². The van der Waals surface area contributed by atoms with Crippen molar-refractivity contribution in [3.8, 4) is 0 Å². The van der Waals surface area contributed by atoms with E-state index in [1.807, 2.05) is 6.07 Å². The molecule has 7 heteroatoms. The second kappa shape index (κ2) is 6.88. The normalized spacial score (nSPS) is 14.3. The maximum atomic E-state index is 13.2. The van der Waals surface area contributed by atoms with E-state index in [-0.39, 0.29) is 22.2 Å². The van der Waals surface area contributed by atoms with Crippen molar-refractivity contribution in [2.45, 2.75) is 34.7 Å². The second-order valence-corrected chi connectivity index (χ2v) is 7.45. The molecule has 0 saturated heterocycles. The molecule has 0 atom stereocenters. The number of hydrogen-bond acceptors (Lipinski definition) is 4. The third-order valence-corrected chi connectivity index (χ3v) is 5.38. The van der Waals surface area contributed by atoms with Crippen molar-refractivity contribution in [3.63, 3.8) is 0 Å². The fourth-order valence-electron chi connectivity index (χ4n) is 2.79. The van der Waals surface area contributed by atoms with Crippen LogP contribution in [0.15, 0.2) is 69.0 Å². The summed E-state index contributed by atoms with van der Waals surface area (Å²) < 4.78 is 44.7. The number of carbonyl (C=O) groups excluding carboxylic acids is 1. The van der Waals surface area contributed by atoms with Crippen LogP contribution in [-0.4, -0.2) is 10.9 Å². The Morgan fingerprint density at radius 1 is 1.07 bits per heavy atom. The minimum absolute atomic E-state index is 0.172. The highest BCUT2D eigenvalue weighted by Gasteiger charge is 2.35. The molecule has 0 N–H and O–H groups in total. The van der Waals surface area contributed by atoms with Gasteiger partial charge in [0.1, 0.15) is 0 Å². The Labute approximate surface area is 157 Å². The summed E-state index contributed by atoms with van der Waals surface area (Å²) in [5.41, 5.74) is -0.251. The number of benzene rings is 2. The summed E-state index contributed by atoms with van der Waals surface area (Å²) in [5.74, 6) is 0.326. The van der Waals surface area contributed by atoms with Crippen molar-refractivity contribution in [2.24, 2.45) is 0 Å². The molecule has 0 spiro atoms. The van der Waals surface area contributed by atoms with Gasteiger partial charge in [0.2, 0.25) is 0 Å². The molecule has 1 fully saturated rings. The van der Waals surface area contributed by atoms with Crippen molar-refractivity contribution < 1.29 is 22.5 Å². The van der Waals surface area contributed by atoms with Gasteiger partial charge in [-0.2, -0.15) is 13.2 Å². The lowest BCUT2D eigenvalue weighted by molar-refractivity contribution is -0.137. The summed E-state index contributed by atoms with van der Waals surface area (Å²) in [5, 5.41) is 3.72. The highest BCUT2D eigenvalue weighted by molar-refractivity contribution is 7.99. The van der Waals surface area contributed by atoms with Gasteiger partial charge in [-0.3, -0.25) is 4.79 Å². The first-order chi connectivity index (χ1) is 12.9. The zero-order chi connectivity index (χ0) is 19.0. The summed E-state index contributed by atoms with van der Waals surface area (Å²) in [7, 11) is 0. The number of hydrogen-bond donors (Lipinski definition) is 0. The number of alkyl halides is 3. The summed E-state index contributed by atoms with van der Waals surface area (Å²) in [6.07, 6.45) is -1.28. The van der Waals surface area contributed by atoms with Crippen LogP contribution in [-0.2, 0) is 6.18 Å². The summed E-state index contributed by atoms with van der Waals surface area (Å²) in [6, 6.07) is 12.2. The molecule has 1 saturated carbocycles. The highest BCUT2D eigenvalue weighted by Crippen LogP contribution is 2.43. The van der Waals surface area contributed by atoms with Gasteiger partial charge in [0.15, 0.2) is 11.5 Å². The van der Waals surface area contributed by atoms with Crippen molar-refractivity contribution in [2.75, 3.05) is 0 Å². The molecule has 3 nitrogen and oxygen atoms in total. The highest BCUT2D eigenvalue weighted by atomic mass is 32.2. The van der Waals surface area contributed by atoms with Gasteiger partial charge in [-0.05, 0) is 43.2 Å². The zero-order valence-corrected chi connectivity index (χ0v) is 14.8. The Morgan fingerprint density at radius 2 is 1.81 bits per heavy atom. The van der Waals surface area contributed by atoms with E-state index in [0.717, 1.165) is 41.6 Å². The Balaban J connectivity index is 1.76. The van der Waals surface area contributed by atoms with E-state index >= 15 is 0 Å². The van der Waals surface area contributed by atoms with Gasteiger partial charge in [0.05, 0.1) is 17.3 Å². The average Bonchev–Trinajstić information content (AvgIpc) is 3.38. The summed E-state index contributed by atoms with van der Waals surface area (Å²) in [6.45, 7) is 0. The standard InChI is InChI=1S/C20H14F3NO2S/c21-20(22,23)13-8-9-15(17(10-13)27-14-4-2-1-3-5-14)18(25)16-11-24-26-19(16)12-6-7-12/h1-5,8-12H,6-7H2. The molecule has 0 aliphatic heterocycles. The average molecular weight is 389 g/mol. The largest absolute Gasteiger partial charge is 0.416 e. The number of nitrogens with zero attached hydrogens (tertiary/aromatic N) is 1. The molecule has 0 radical (unpaired) electrons. The van der Waals surface area contributed by atoms with Crippen LogP contribution in [0, 0.1) is 0 Å². The fourth-order valence-corrected chi connectivity index (χ4v) is 3.79. The SMILES string of the molecule is O=C(c1ccc(C(F)(F)F)cc1Sc1ccccc1)c1cnoc1C1CC1. The van der Waals surface area contributed by atoms with Gasteiger partial charge < -0.3 is 4.52 Å². The molecule has 4 rings (SSSR count). The van der Waals surface area contributed by atoms with E-state index in [2.05, 4.69) is 5.16 Å². The van der Waals surface area contributed by atoms with Gasteiger partial charge in [0.25, 0.3) is 0 Å². The van der Waals surface area contributed by atoms with E-state index in [0.29, 0.717) is 11.3 Å². The van der Waals surface area contributed by atoms with E-state index in [1.165, 1.54) is 12.3 Å². The fraction of sp³-hybridized carbons (Fsp3) is 0.200. The Hall–Kier alpha value is -2.54. The maximum absolute atomic E-state index is 13.2. The van der Waals surface area contributed by atoms with Gasteiger partial charge >= 0.3 is 6.18 Å². The van der Waals surface area contributed by atoms with Gasteiger partial charge in [-0.25, -0.2) is 0 Å². The van der Waals surface area contributed by atoms with Crippen molar-refractivity contribution >= 4 is 17.5 Å². The molecular formula is C20H14F3NO2S. The monoisotopic (exact) mass is 389 g/mol. The molecule has 0 amide bonds. The van der Waals surface area contributed by atoms with Crippen molar-refractivity contribution in [3.05, 3.63) is 77.2 Å². The van der Waals surface area contributed by atoms with E-state index < -0.39 is 11.7 Å². The Kier molecular flexibility index (Phi) is 4.55. The first-order valence-corrected chi connectivity index (χ1v) is 9.18. The number of rotatable bonds is 5. The topological polar surface area (TPSA) is 43.1 Å². The molecule has 1 heterocycles. The van der Waals surface area contributed by atoms with Gasteiger partial charge in [-0.1, -0.05) is 35.1 Å². The lowest BCUT2D eigenvalue weighted by atomic mass is 10.0. The second-order valence-electron chi connectivity index (χ2n) is 6.33. The zero-order valence-electron chi connectivity index (χ0n) is 14.0. The number of halogens is 3. The van der Waals surface area contributed by atoms with Gasteiger partial charge in [0, 0.05) is 21.3 Å². The van der Waals surface area contributed by atoms with Gasteiger partial charge in [-0.15, -0.1) is 0 Å². The quantitative estimate of drug-likeness (QED) is 0.506. The summed E-state index contributed by atoms with van der Waals surface area (Å²) >= 11 is 1.13.